The van der Waals surface area contributed by atoms with Gasteiger partial charge < -0.3 is 19.3 Å². The minimum Gasteiger partial charge on any atom is -0.497 e. The molecule has 0 radical (unpaired) electrons. The molecule has 112 valence electrons. The van der Waals surface area contributed by atoms with Crippen LogP contribution in [0.3, 0.4) is 0 Å². The van der Waals surface area contributed by atoms with Gasteiger partial charge in [-0.05, 0) is 38.1 Å². The zero-order chi connectivity index (χ0) is 14.4. The molecule has 0 saturated carbocycles. The summed E-state index contributed by atoms with van der Waals surface area (Å²) in [5, 5.41) is 0. The number of hydrogen-bond acceptors (Lipinski definition) is 4. The number of aryl methyl sites for hydroxylation is 1. The molecule has 0 amide bonds. The summed E-state index contributed by atoms with van der Waals surface area (Å²) in [6.07, 6.45) is 2.23. The van der Waals surface area contributed by atoms with E-state index in [1.54, 1.807) is 14.2 Å². The molecule has 4 heteroatoms. The minimum atomic E-state index is 0.852. The fourth-order valence-corrected chi connectivity index (χ4v) is 2.62. The van der Waals surface area contributed by atoms with Crippen LogP contribution in [-0.2, 0) is 6.42 Å². The Morgan fingerprint density at radius 1 is 1.05 bits per heavy atom. The molecule has 1 aromatic carbocycles. The highest BCUT2D eigenvalue weighted by atomic mass is 16.5. The van der Waals surface area contributed by atoms with Crippen molar-refractivity contribution in [2.24, 2.45) is 0 Å². The molecule has 0 N–H and O–H groups in total. The molecule has 0 spiro atoms. The first-order chi connectivity index (χ1) is 9.72. The van der Waals surface area contributed by atoms with Gasteiger partial charge in [-0.25, -0.2) is 0 Å². The Kier molecular flexibility index (Phi) is 5.68. The summed E-state index contributed by atoms with van der Waals surface area (Å²) in [5.74, 6) is 1.78. The van der Waals surface area contributed by atoms with Crippen molar-refractivity contribution in [3.8, 4) is 11.5 Å². The summed E-state index contributed by atoms with van der Waals surface area (Å²) in [5.41, 5.74) is 1.27. The van der Waals surface area contributed by atoms with Crippen LogP contribution in [0.2, 0.25) is 0 Å². The lowest BCUT2D eigenvalue weighted by Crippen LogP contribution is -2.44. The predicted molar refractivity (Wildman–Crippen MR) is 81.8 cm³/mol. The Morgan fingerprint density at radius 2 is 1.80 bits per heavy atom. The van der Waals surface area contributed by atoms with Crippen LogP contribution < -0.4 is 9.47 Å². The second kappa shape index (κ2) is 7.50. The van der Waals surface area contributed by atoms with Crippen LogP contribution >= 0.6 is 0 Å². The van der Waals surface area contributed by atoms with Crippen molar-refractivity contribution in [2.45, 2.75) is 12.8 Å². The predicted octanol–water partition coefficient (Wildman–Crippen LogP) is 1.88. The Balaban J connectivity index is 1.81. The Hall–Kier alpha value is -1.26. The third-order valence-corrected chi connectivity index (χ3v) is 4.01. The lowest BCUT2D eigenvalue weighted by molar-refractivity contribution is 0.153. The van der Waals surface area contributed by atoms with Crippen molar-refractivity contribution in [3.63, 3.8) is 0 Å². The molecule has 0 unspecified atom stereocenters. The number of ether oxygens (including phenoxy) is 2. The largest absolute Gasteiger partial charge is 0.497 e. The summed E-state index contributed by atoms with van der Waals surface area (Å²) in [6, 6.07) is 6.08. The van der Waals surface area contributed by atoms with Crippen molar-refractivity contribution < 1.29 is 9.47 Å². The van der Waals surface area contributed by atoms with Crippen LogP contribution in [0.25, 0.3) is 0 Å². The molecule has 0 aromatic heterocycles. The SMILES string of the molecule is COc1ccc(CCCN2CCN(C)CC2)c(OC)c1. The molecule has 0 aliphatic carbocycles. The van der Waals surface area contributed by atoms with Gasteiger partial charge >= 0.3 is 0 Å². The molecule has 1 aromatic rings. The van der Waals surface area contributed by atoms with E-state index in [9.17, 15) is 0 Å². The van der Waals surface area contributed by atoms with Gasteiger partial charge in [0.1, 0.15) is 11.5 Å². The van der Waals surface area contributed by atoms with Crippen molar-refractivity contribution in [3.05, 3.63) is 23.8 Å². The van der Waals surface area contributed by atoms with Crippen LogP contribution in [0, 0.1) is 0 Å². The molecule has 0 atom stereocenters. The fourth-order valence-electron chi connectivity index (χ4n) is 2.62. The van der Waals surface area contributed by atoms with Gasteiger partial charge in [0.2, 0.25) is 0 Å². The second-order valence-electron chi connectivity index (χ2n) is 5.43. The van der Waals surface area contributed by atoms with Crippen molar-refractivity contribution in [1.82, 2.24) is 9.80 Å². The van der Waals surface area contributed by atoms with Gasteiger partial charge in [0.15, 0.2) is 0 Å². The maximum absolute atomic E-state index is 5.44. The first kappa shape index (κ1) is 15.1. The average molecular weight is 278 g/mol. The third kappa shape index (κ3) is 4.12. The summed E-state index contributed by atoms with van der Waals surface area (Å²) in [4.78, 5) is 4.94. The van der Waals surface area contributed by atoms with E-state index in [0.717, 1.165) is 17.9 Å². The fraction of sp³-hybridized carbons (Fsp3) is 0.625. The Labute approximate surface area is 122 Å². The van der Waals surface area contributed by atoms with Crippen LogP contribution in [0.15, 0.2) is 18.2 Å². The van der Waals surface area contributed by atoms with Gasteiger partial charge in [0.05, 0.1) is 14.2 Å². The normalized spacial score (nSPS) is 17.1. The quantitative estimate of drug-likeness (QED) is 0.793. The first-order valence-electron chi connectivity index (χ1n) is 7.34. The number of rotatable bonds is 6. The maximum atomic E-state index is 5.44. The van der Waals surface area contributed by atoms with Gasteiger partial charge in [0, 0.05) is 32.2 Å². The second-order valence-corrected chi connectivity index (χ2v) is 5.43. The zero-order valence-corrected chi connectivity index (χ0v) is 12.9. The van der Waals surface area contributed by atoms with E-state index < -0.39 is 0 Å². The van der Waals surface area contributed by atoms with Crippen molar-refractivity contribution >= 4 is 0 Å². The van der Waals surface area contributed by atoms with Gasteiger partial charge in [-0.3, -0.25) is 0 Å². The summed E-state index contributed by atoms with van der Waals surface area (Å²) < 4.78 is 10.7. The van der Waals surface area contributed by atoms with Gasteiger partial charge in [0.25, 0.3) is 0 Å². The number of methoxy groups -OCH3 is 2. The molecular formula is C16H26N2O2. The highest BCUT2D eigenvalue weighted by Crippen LogP contribution is 2.25. The molecule has 2 rings (SSSR count). The van der Waals surface area contributed by atoms with E-state index in [1.807, 2.05) is 12.1 Å². The van der Waals surface area contributed by atoms with Crippen LogP contribution in [0.5, 0.6) is 11.5 Å². The molecule has 4 nitrogen and oxygen atoms in total. The van der Waals surface area contributed by atoms with Gasteiger partial charge in [-0.15, -0.1) is 0 Å². The highest BCUT2D eigenvalue weighted by Gasteiger charge is 2.13. The third-order valence-electron chi connectivity index (χ3n) is 4.01. The summed E-state index contributed by atoms with van der Waals surface area (Å²) in [7, 11) is 5.60. The van der Waals surface area contributed by atoms with Gasteiger partial charge in [-0.2, -0.15) is 0 Å². The molecule has 20 heavy (non-hydrogen) atoms. The van der Waals surface area contributed by atoms with E-state index in [0.29, 0.717) is 0 Å². The van der Waals surface area contributed by atoms with E-state index >= 15 is 0 Å². The maximum Gasteiger partial charge on any atom is 0.125 e. The van der Waals surface area contributed by atoms with E-state index in [4.69, 9.17) is 9.47 Å². The lowest BCUT2D eigenvalue weighted by Gasteiger charge is -2.32. The first-order valence-corrected chi connectivity index (χ1v) is 7.34. The molecule has 1 aliphatic rings. The smallest absolute Gasteiger partial charge is 0.125 e. The van der Waals surface area contributed by atoms with Crippen LogP contribution in [0.4, 0.5) is 0 Å². The number of likely N-dealkylation sites (N-methyl/N-ethyl adjacent to an activating group) is 1. The minimum absolute atomic E-state index is 0.852. The summed E-state index contributed by atoms with van der Waals surface area (Å²) >= 11 is 0. The highest BCUT2D eigenvalue weighted by molar-refractivity contribution is 5.40. The average Bonchev–Trinajstić information content (AvgIpc) is 2.49. The zero-order valence-electron chi connectivity index (χ0n) is 12.9. The number of benzene rings is 1. The Bertz CT molecular complexity index is 415. The van der Waals surface area contributed by atoms with Crippen molar-refractivity contribution in [2.75, 3.05) is 54.0 Å². The van der Waals surface area contributed by atoms with Gasteiger partial charge in [-0.1, -0.05) is 6.07 Å². The Morgan fingerprint density at radius 3 is 2.45 bits per heavy atom. The summed E-state index contributed by atoms with van der Waals surface area (Å²) in [6.45, 7) is 5.92. The molecular weight excluding hydrogens is 252 g/mol. The number of hydrogen-bond donors (Lipinski definition) is 0. The lowest BCUT2D eigenvalue weighted by atomic mass is 10.1. The standard InChI is InChI=1S/C16H26N2O2/c1-17-9-11-18(12-10-17)8-4-5-14-6-7-15(19-2)13-16(14)20-3/h6-7,13H,4-5,8-12H2,1-3H3. The topological polar surface area (TPSA) is 24.9 Å². The number of piperazine rings is 1. The molecule has 1 fully saturated rings. The van der Waals surface area contributed by atoms with E-state index in [-0.39, 0.29) is 0 Å². The molecule has 0 bridgehead atoms. The monoisotopic (exact) mass is 278 g/mol. The molecule has 1 saturated heterocycles. The van der Waals surface area contributed by atoms with Crippen LogP contribution in [0.1, 0.15) is 12.0 Å². The van der Waals surface area contributed by atoms with Crippen LogP contribution in [-0.4, -0.2) is 63.8 Å². The van der Waals surface area contributed by atoms with Crippen molar-refractivity contribution in [1.29, 1.82) is 0 Å². The molecule has 1 aliphatic heterocycles. The molecule has 1 heterocycles. The van der Waals surface area contributed by atoms with E-state index in [1.165, 1.54) is 44.7 Å². The number of nitrogens with zero attached hydrogens (tertiary/aromatic N) is 2. The van der Waals surface area contributed by atoms with E-state index in [2.05, 4.69) is 22.9 Å².